The molecule has 3 rings (SSSR count). The predicted octanol–water partition coefficient (Wildman–Crippen LogP) is 4.46. The van der Waals surface area contributed by atoms with Gasteiger partial charge in [-0.15, -0.1) is 11.8 Å². The Morgan fingerprint density at radius 3 is 2.20 bits per heavy atom. The molecule has 0 saturated carbocycles. The maximum atomic E-state index is 12.8. The summed E-state index contributed by atoms with van der Waals surface area (Å²) >= 11 is 1.68. The van der Waals surface area contributed by atoms with Crippen LogP contribution < -0.4 is 0 Å². The third kappa shape index (κ3) is 4.31. The quantitative estimate of drug-likeness (QED) is 0.588. The Hall–Kier alpha value is -2.07. The summed E-state index contributed by atoms with van der Waals surface area (Å²) in [5, 5.41) is 0. The van der Waals surface area contributed by atoms with Gasteiger partial charge in [0.1, 0.15) is 0 Å². The van der Waals surface area contributed by atoms with Crippen LogP contribution in [0.25, 0.3) is 0 Å². The zero-order chi connectivity index (χ0) is 17.6. The van der Waals surface area contributed by atoms with E-state index in [4.69, 9.17) is 0 Å². The van der Waals surface area contributed by atoms with Gasteiger partial charge in [0.05, 0.1) is 5.56 Å². The first-order valence-electron chi connectivity index (χ1n) is 8.73. The molecule has 0 unspecified atom stereocenters. The molecular weight excluding hydrogens is 330 g/mol. The number of piperidine rings is 1. The van der Waals surface area contributed by atoms with Crippen LogP contribution in [0.1, 0.15) is 45.5 Å². The smallest absolute Gasteiger partial charge is 0.254 e. The van der Waals surface area contributed by atoms with Crippen LogP contribution >= 0.6 is 11.8 Å². The average molecular weight is 353 g/mol. The van der Waals surface area contributed by atoms with Gasteiger partial charge >= 0.3 is 0 Å². The number of hydrogen-bond acceptors (Lipinski definition) is 3. The molecule has 0 radical (unpaired) electrons. The molecule has 4 heteroatoms. The molecule has 1 fully saturated rings. The largest absolute Gasteiger partial charge is 0.339 e. The van der Waals surface area contributed by atoms with Gasteiger partial charge in [0.2, 0.25) is 0 Å². The second-order valence-corrected chi connectivity index (χ2v) is 7.23. The molecule has 1 heterocycles. The number of amides is 1. The van der Waals surface area contributed by atoms with Crippen molar-refractivity contribution in [3.63, 3.8) is 0 Å². The first kappa shape index (κ1) is 17.7. The van der Waals surface area contributed by atoms with Gasteiger partial charge in [0, 0.05) is 30.0 Å². The van der Waals surface area contributed by atoms with Crippen molar-refractivity contribution < 1.29 is 9.59 Å². The van der Waals surface area contributed by atoms with Crippen LogP contribution in [-0.2, 0) is 6.42 Å². The van der Waals surface area contributed by atoms with E-state index in [1.165, 1.54) is 11.3 Å². The zero-order valence-electron chi connectivity index (χ0n) is 14.5. The van der Waals surface area contributed by atoms with Crippen LogP contribution in [0.2, 0.25) is 0 Å². The molecule has 1 amide bonds. The Morgan fingerprint density at radius 2 is 1.56 bits per heavy atom. The standard InChI is InChI=1S/C21H23NO2S/c1-25-17-11-9-16(10-12-17)15-20(23)18-7-3-4-8-19(18)21(24)22-13-5-2-6-14-22/h3-4,7-12H,2,5-6,13-15H2,1H3. The molecule has 2 aromatic carbocycles. The Kier molecular flexibility index (Phi) is 5.92. The maximum Gasteiger partial charge on any atom is 0.254 e. The molecule has 0 atom stereocenters. The van der Waals surface area contributed by atoms with Crippen LogP contribution in [0.5, 0.6) is 0 Å². The number of nitrogens with zero attached hydrogens (tertiary/aromatic N) is 1. The van der Waals surface area contributed by atoms with Gasteiger partial charge in [-0.1, -0.05) is 30.3 Å². The Labute approximate surface area is 153 Å². The SMILES string of the molecule is CSc1ccc(CC(=O)c2ccccc2C(=O)N2CCCCC2)cc1. The van der Waals surface area contributed by atoms with Gasteiger partial charge in [0.25, 0.3) is 5.91 Å². The van der Waals surface area contributed by atoms with Crippen molar-refractivity contribution in [1.82, 2.24) is 4.90 Å². The van der Waals surface area contributed by atoms with Crippen molar-refractivity contribution >= 4 is 23.5 Å². The lowest BCUT2D eigenvalue weighted by Crippen LogP contribution is -2.36. The lowest BCUT2D eigenvalue weighted by atomic mass is 9.97. The highest BCUT2D eigenvalue weighted by molar-refractivity contribution is 7.98. The number of rotatable bonds is 5. The number of thioether (sulfide) groups is 1. The number of benzene rings is 2. The van der Waals surface area contributed by atoms with E-state index in [2.05, 4.69) is 0 Å². The molecular formula is C21H23NO2S. The van der Waals surface area contributed by atoms with Crippen LogP contribution in [0.3, 0.4) is 0 Å². The van der Waals surface area contributed by atoms with E-state index in [9.17, 15) is 9.59 Å². The Balaban J connectivity index is 1.79. The van der Waals surface area contributed by atoms with Gasteiger partial charge in [-0.25, -0.2) is 0 Å². The highest BCUT2D eigenvalue weighted by Crippen LogP contribution is 2.19. The second kappa shape index (κ2) is 8.34. The summed E-state index contributed by atoms with van der Waals surface area (Å²) in [4.78, 5) is 28.7. The summed E-state index contributed by atoms with van der Waals surface area (Å²) in [5.41, 5.74) is 2.05. The monoisotopic (exact) mass is 353 g/mol. The molecule has 0 aliphatic carbocycles. The third-order valence-corrected chi connectivity index (χ3v) is 5.37. The molecule has 0 spiro atoms. The van der Waals surface area contributed by atoms with E-state index in [0.29, 0.717) is 17.5 Å². The van der Waals surface area contributed by atoms with E-state index in [1.807, 2.05) is 47.6 Å². The Bertz CT molecular complexity index is 749. The van der Waals surface area contributed by atoms with Gasteiger partial charge < -0.3 is 4.90 Å². The number of carbonyl (C=O) groups is 2. The normalized spacial score (nSPS) is 14.4. The van der Waals surface area contributed by atoms with Gasteiger partial charge in [-0.3, -0.25) is 9.59 Å². The molecule has 1 aliphatic heterocycles. The minimum absolute atomic E-state index is 0.00198. The molecule has 0 aromatic heterocycles. The molecule has 0 bridgehead atoms. The maximum absolute atomic E-state index is 12.8. The highest BCUT2D eigenvalue weighted by Gasteiger charge is 2.22. The average Bonchev–Trinajstić information content (AvgIpc) is 2.68. The minimum atomic E-state index is -0.0126. The lowest BCUT2D eigenvalue weighted by molar-refractivity contribution is 0.0719. The van der Waals surface area contributed by atoms with Gasteiger partial charge in [-0.2, -0.15) is 0 Å². The third-order valence-electron chi connectivity index (χ3n) is 4.62. The lowest BCUT2D eigenvalue weighted by Gasteiger charge is -2.27. The minimum Gasteiger partial charge on any atom is -0.339 e. The van der Waals surface area contributed by atoms with Gasteiger partial charge in [0.15, 0.2) is 5.78 Å². The highest BCUT2D eigenvalue weighted by atomic mass is 32.2. The van der Waals surface area contributed by atoms with Crippen molar-refractivity contribution in [1.29, 1.82) is 0 Å². The Morgan fingerprint density at radius 1 is 0.920 bits per heavy atom. The van der Waals surface area contributed by atoms with Crippen LogP contribution in [0.15, 0.2) is 53.4 Å². The van der Waals surface area contributed by atoms with Crippen molar-refractivity contribution in [2.24, 2.45) is 0 Å². The molecule has 2 aromatic rings. The molecule has 0 N–H and O–H groups in total. The number of ketones is 1. The molecule has 1 aliphatic rings. The second-order valence-electron chi connectivity index (χ2n) is 6.35. The zero-order valence-corrected chi connectivity index (χ0v) is 15.3. The predicted molar refractivity (Wildman–Crippen MR) is 102 cm³/mol. The summed E-state index contributed by atoms with van der Waals surface area (Å²) in [5.74, 6) is -0.0146. The number of Topliss-reactive ketones (excluding diaryl/α,β-unsaturated/α-hetero) is 1. The van der Waals surface area contributed by atoms with Crippen molar-refractivity contribution in [2.45, 2.75) is 30.6 Å². The fraction of sp³-hybridized carbons (Fsp3) is 0.333. The number of carbonyl (C=O) groups excluding carboxylic acids is 2. The molecule has 1 saturated heterocycles. The summed E-state index contributed by atoms with van der Waals surface area (Å²) in [7, 11) is 0. The van der Waals surface area contributed by atoms with Crippen molar-refractivity contribution in [3.05, 3.63) is 65.2 Å². The summed E-state index contributed by atoms with van der Waals surface area (Å²) in [6, 6.07) is 15.2. The van der Waals surface area contributed by atoms with E-state index in [1.54, 1.807) is 23.9 Å². The number of likely N-dealkylation sites (tertiary alicyclic amines) is 1. The molecule has 3 nitrogen and oxygen atoms in total. The van der Waals surface area contributed by atoms with E-state index in [-0.39, 0.29) is 11.7 Å². The van der Waals surface area contributed by atoms with E-state index < -0.39 is 0 Å². The molecule has 130 valence electrons. The fourth-order valence-electron chi connectivity index (χ4n) is 3.20. The fourth-order valence-corrected chi connectivity index (χ4v) is 3.61. The first-order valence-corrected chi connectivity index (χ1v) is 9.96. The van der Waals surface area contributed by atoms with Crippen molar-refractivity contribution in [3.8, 4) is 0 Å². The van der Waals surface area contributed by atoms with Gasteiger partial charge in [-0.05, 0) is 49.3 Å². The summed E-state index contributed by atoms with van der Waals surface area (Å²) in [6.07, 6.45) is 5.62. The molecule has 25 heavy (non-hydrogen) atoms. The summed E-state index contributed by atoms with van der Waals surface area (Å²) in [6.45, 7) is 1.58. The summed E-state index contributed by atoms with van der Waals surface area (Å²) < 4.78 is 0. The van der Waals surface area contributed by atoms with Crippen LogP contribution in [0, 0.1) is 0 Å². The van der Waals surface area contributed by atoms with Crippen LogP contribution in [-0.4, -0.2) is 35.9 Å². The number of hydrogen-bond donors (Lipinski definition) is 0. The van der Waals surface area contributed by atoms with Crippen LogP contribution in [0.4, 0.5) is 0 Å². The van der Waals surface area contributed by atoms with Crippen molar-refractivity contribution in [2.75, 3.05) is 19.3 Å². The topological polar surface area (TPSA) is 37.4 Å². The van der Waals surface area contributed by atoms with E-state index in [0.717, 1.165) is 31.5 Å². The van der Waals surface area contributed by atoms with E-state index >= 15 is 0 Å². The first-order chi connectivity index (χ1) is 12.2.